The maximum absolute atomic E-state index is 14.1. The Hall–Kier alpha value is -3.16. The van der Waals surface area contributed by atoms with E-state index in [2.05, 4.69) is 60.7 Å². The number of carbonyl (C=O) groups is 2. The second-order valence-corrected chi connectivity index (χ2v) is 22.0. The molecule has 0 aromatic heterocycles. The number of allylic oxidation sites excluding steroid dienone is 2. The van der Waals surface area contributed by atoms with Crippen LogP contribution in [-0.4, -0.2) is 46.5 Å². The molecule has 16 unspecified atom stereocenters. The molecule has 14 rings (SSSR count). The normalized spacial score (nSPS) is 45.3. The smallest absolute Gasteiger partial charge is 0.189 e. The van der Waals surface area contributed by atoms with Crippen molar-refractivity contribution >= 4 is 47.6 Å². The molecule has 4 nitrogen and oxygen atoms in total. The lowest BCUT2D eigenvalue weighted by molar-refractivity contribution is -0.307. The topological polar surface area (TPSA) is 74.6 Å². The van der Waals surface area contributed by atoms with E-state index in [0.717, 1.165) is 110 Å². The molecule has 0 amide bonds. The molecule has 2 N–H and O–H groups in total. The van der Waals surface area contributed by atoms with Crippen LogP contribution in [-0.2, 0) is 0 Å². The van der Waals surface area contributed by atoms with Gasteiger partial charge in [-0.25, -0.2) is 0 Å². The van der Waals surface area contributed by atoms with Gasteiger partial charge in [0.2, 0.25) is 0 Å². The molecular formula is C53H52O4S2. The second kappa shape index (κ2) is 11.4. The first-order valence-corrected chi connectivity index (χ1v) is 24.0. The summed E-state index contributed by atoms with van der Waals surface area (Å²) in [6, 6.07) is 25.5. The van der Waals surface area contributed by atoms with Gasteiger partial charge in [-0.15, -0.1) is 0 Å². The Morgan fingerprint density at radius 3 is 1.34 bits per heavy atom. The van der Waals surface area contributed by atoms with Gasteiger partial charge in [-0.3, -0.25) is 9.59 Å². The fourth-order valence-corrected chi connectivity index (χ4v) is 20.7. The van der Waals surface area contributed by atoms with Crippen LogP contribution in [0.1, 0.15) is 76.8 Å². The molecule has 8 saturated carbocycles. The van der Waals surface area contributed by atoms with E-state index >= 15 is 0 Å². The summed E-state index contributed by atoms with van der Waals surface area (Å²) in [6.45, 7) is 3.79. The van der Waals surface area contributed by atoms with Gasteiger partial charge >= 0.3 is 0 Å². The predicted octanol–water partition coefficient (Wildman–Crippen LogP) is 9.79. The van der Waals surface area contributed by atoms with Crippen molar-refractivity contribution in [2.24, 2.45) is 93.7 Å². The summed E-state index contributed by atoms with van der Waals surface area (Å²) >= 11 is 9.80. The van der Waals surface area contributed by atoms with E-state index in [4.69, 9.17) is 25.3 Å². The molecule has 0 radical (unpaired) electrons. The molecule has 0 heterocycles. The van der Waals surface area contributed by atoms with Crippen molar-refractivity contribution in [3.63, 3.8) is 0 Å². The number of hydrogen-bond acceptors (Lipinski definition) is 6. The van der Waals surface area contributed by atoms with Crippen molar-refractivity contribution in [2.45, 2.75) is 44.9 Å². The number of fused-ring (bicyclic) bond motifs is 30. The molecule has 8 fully saturated rings. The summed E-state index contributed by atoms with van der Waals surface area (Å²) in [6.07, 6.45) is 3.63. The highest BCUT2D eigenvalue weighted by atomic mass is 32.1. The van der Waals surface area contributed by atoms with Gasteiger partial charge in [-0.2, -0.15) is 25.3 Å². The SMILES string of the molecule is CC1=C(C)C(=O)c2cc3c(-c4ccccc4)c4c(c(-c5ccccc5)c3cc2C1=O)C1CC4C2(CO)C3C4CC(C5C6C7CC(C6C45)C4C7[C@@H](CS)[C@@H]4CS)C3C12CO. The van der Waals surface area contributed by atoms with E-state index in [1.165, 1.54) is 24.0 Å². The molecule has 10 aliphatic carbocycles. The van der Waals surface area contributed by atoms with Gasteiger partial charge in [0, 0.05) is 33.1 Å². The Kier molecular flexibility index (Phi) is 6.88. The Morgan fingerprint density at radius 2 is 0.949 bits per heavy atom. The molecule has 6 heteroatoms. The number of Topliss-reactive ketones (excluding diaryl/α,β-unsaturated/α-hetero) is 2. The summed E-state index contributed by atoms with van der Waals surface area (Å²) in [5.74, 6) is 12.2. The molecule has 0 spiro atoms. The minimum Gasteiger partial charge on any atom is -0.396 e. The molecule has 18 atom stereocenters. The number of ketones is 2. The third kappa shape index (κ3) is 3.54. The van der Waals surface area contributed by atoms with E-state index < -0.39 is 0 Å². The van der Waals surface area contributed by atoms with Crippen LogP contribution in [0.25, 0.3) is 33.0 Å². The van der Waals surface area contributed by atoms with E-state index in [1.807, 2.05) is 12.1 Å². The first-order chi connectivity index (χ1) is 28.8. The van der Waals surface area contributed by atoms with Crippen molar-refractivity contribution in [3.8, 4) is 22.3 Å². The number of benzene rings is 4. The van der Waals surface area contributed by atoms with Crippen LogP contribution < -0.4 is 0 Å². The first kappa shape index (κ1) is 35.4. The minimum atomic E-state index is -0.386. The molecule has 300 valence electrons. The molecule has 0 saturated heterocycles. The second-order valence-electron chi connectivity index (χ2n) is 21.2. The molecule has 10 aliphatic rings. The third-order valence-corrected chi connectivity index (χ3v) is 21.8. The van der Waals surface area contributed by atoms with Crippen LogP contribution in [0.15, 0.2) is 83.9 Å². The highest BCUT2D eigenvalue weighted by molar-refractivity contribution is 7.80. The zero-order chi connectivity index (χ0) is 39.8. The Bertz CT molecular complexity index is 2460. The zero-order valence-corrected chi connectivity index (χ0v) is 35.5. The van der Waals surface area contributed by atoms with Crippen molar-refractivity contribution in [1.29, 1.82) is 0 Å². The van der Waals surface area contributed by atoms with Gasteiger partial charge in [-0.1, -0.05) is 60.7 Å². The fraction of sp³-hybridized carbons (Fsp3) is 0.509. The van der Waals surface area contributed by atoms with E-state index in [-0.39, 0.29) is 47.4 Å². The zero-order valence-electron chi connectivity index (χ0n) is 33.7. The highest BCUT2D eigenvalue weighted by Crippen LogP contribution is 2.94. The molecule has 4 aromatic rings. The van der Waals surface area contributed by atoms with Gasteiger partial charge in [0.05, 0.1) is 13.2 Å². The fourth-order valence-electron chi connectivity index (χ4n) is 19.7. The lowest BCUT2D eigenvalue weighted by Crippen LogP contribution is -2.76. The average Bonchev–Trinajstić information content (AvgIpc) is 4.05. The van der Waals surface area contributed by atoms with Gasteiger partial charge in [-0.05, 0) is 196 Å². The number of aliphatic hydroxyl groups is 2. The van der Waals surface area contributed by atoms with Crippen molar-refractivity contribution in [1.82, 2.24) is 0 Å². The summed E-state index contributed by atoms with van der Waals surface area (Å²) in [5, 5.41) is 26.5. The quantitative estimate of drug-likeness (QED) is 0.0889. The maximum Gasteiger partial charge on any atom is 0.189 e. The summed E-state index contributed by atoms with van der Waals surface area (Å²) < 4.78 is 0. The summed E-state index contributed by atoms with van der Waals surface area (Å²) in [7, 11) is 0. The van der Waals surface area contributed by atoms with Gasteiger partial charge < -0.3 is 10.2 Å². The van der Waals surface area contributed by atoms with Crippen LogP contribution in [0.5, 0.6) is 0 Å². The van der Waals surface area contributed by atoms with E-state index in [1.54, 1.807) is 13.8 Å². The van der Waals surface area contributed by atoms with Crippen LogP contribution in [0.3, 0.4) is 0 Å². The van der Waals surface area contributed by atoms with Crippen molar-refractivity contribution in [3.05, 3.63) is 106 Å². The first-order valence-electron chi connectivity index (χ1n) is 22.8. The number of thiol groups is 2. The van der Waals surface area contributed by atoms with Gasteiger partial charge in [0.25, 0.3) is 0 Å². The lowest BCUT2D eigenvalue weighted by atomic mass is 9.27. The number of carbonyl (C=O) groups excluding carboxylic acids is 2. The number of hydrogen-bond donors (Lipinski definition) is 4. The van der Waals surface area contributed by atoms with Crippen molar-refractivity contribution < 1.29 is 19.8 Å². The Morgan fingerprint density at radius 1 is 0.559 bits per heavy atom. The van der Waals surface area contributed by atoms with E-state index in [0.29, 0.717) is 45.9 Å². The monoisotopic (exact) mass is 816 g/mol. The number of aliphatic hydroxyl groups excluding tert-OH is 2. The van der Waals surface area contributed by atoms with E-state index in [9.17, 15) is 19.8 Å². The third-order valence-electron chi connectivity index (χ3n) is 20.9. The van der Waals surface area contributed by atoms with Crippen LogP contribution >= 0.6 is 25.3 Å². The average molecular weight is 817 g/mol. The lowest BCUT2D eigenvalue weighted by Gasteiger charge is -2.77. The van der Waals surface area contributed by atoms with Crippen molar-refractivity contribution in [2.75, 3.05) is 24.7 Å². The van der Waals surface area contributed by atoms with Crippen LogP contribution in [0, 0.1) is 93.7 Å². The summed E-state index contributed by atoms with van der Waals surface area (Å²) in [4.78, 5) is 28.2. The Labute approximate surface area is 357 Å². The van der Waals surface area contributed by atoms with Crippen LogP contribution in [0.2, 0.25) is 0 Å². The standard InChI is InChI=1S/C53H52O4S2/c1-22-23(2)51(57)29-14-27-26(13-28(29)50(22)56)38(24-9-5-3-6-10-24)46-36-17-37(47(46)39(27)25-11-7-4-8-12-25)53(21-55)49-33-16-32(48(49)52(36,53)20-54)44-42-30-15-31(43(42)45(33)44)41-35(19-59)34(18-58)40(30)41/h3-14,30-37,40-45,48-49,54-55,58-59H,15-21H2,1-2H3/t30?,31?,32?,33?,34-,35-,36?,37?,40?,41?,42?,43?,44?,45?,48?,49?,52?,53?/m0/s1. The van der Waals surface area contributed by atoms with Gasteiger partial charge in [0.15, 0.2) is 11.6 Å². The molecule has 6 bridgehead atoms. The Balaban J connectivity index is 0.998. The largest absolute Gasteiger partial charge is 0.396 e. The molecule has 59 heavy (non-hydrogen) atoms. The summed E-state index contributed by atoms with van der Waals surface area (Å²) in [5.41, 5.74) is 8.47. The minimum absolute atomic E-state index is 0.0692. The predicted molar refractivity (Wildman–Crippen MR) is 237 cm³/mol. The highest BCUT2D eigenvalue weighted by Gasteiger charge is 2.90. The number of rotatable bonds is 6. The van der Waals surface area contributed by atoms with Gasteiger partial charge in [0.1, 0.15) is 0 Å². The van der Waals surface area contributed by atoms with Crippen LogP contribution in [0.4, 0.5) is 0 Å². The molecule has 0 aliphatic heterocycles. The molecular weight excluding hydrogens is 765 g/mol. The maximum atomic E-state index is 14.1. The molecule has 4 aromatic carbocycles.